The van der Waals surface area contributed by atoms with Crippen LogP contribution in [0.5, 0.6) is 0 Å². The van der Waals surface area contributed by atoms with Gasteiger partial charge in [-0.1, -0.05) is 11.8 Å². The van der Waals surface area contributed by atoms with Gasteiger partial charge in [0.2, 0.25) is 17.8 Å². The number of hydrogen-bond acceptors (Lipinski definition) is 10. The van der Waals surface area contributed by atoms with Crippen LogP contribution in [0.15, 0.2) is 5.16 Å². The molecule has 2 aliphatic heterocycles. The summed E-state index contributed by atoms with van der Waals surface area (Å²) in [6.07, 6.45) is 0. The van der Waals surface area contributed by atoms with E-state index in [4.69, 9.17) is 15.3 Å². The second kappa shape index (κ2) is 8.42. The molecule has 24 heavy (non-hydrogen) atoms. The third kappa shape index (κ3) is 4.44. The van der Waals surface area contributed by atoms with Crippen molar-refractivity contribution in [3.63, 3.8) is 0 Å². The number of hydrogen-bond donors (Lipinski definition) is 2. The van der Waals surface area contributed by atoms with Crippen molar-refractivity contribution in [3.8, 4) is 0 Å². The summed E-state index contributed by atoms with van der Waals surface area (Å²) < 4.78 is 10.8. The van der Waals surface area contributed by atoms with Crippen molar-refractivity contribution < 1.29 is 14.3 Å². The first-order valence-corrected chi connectivity index (χ1v) is 8.78. The summed E-state index contributed by atoms with van der Waals surface area (Å²) >= 11 is 1.24. The zero-order valence-electron chi connectivity index (χ0n) is 13.3. The van der Waals surface area contributed by atoms with Crippen LogP contribution in [0.25, 0.3) is 0 Å². The number of amides is 1. The molecule has 3 N–H and O–H groups in total. The maximum absolute atomic E-state index is 11.4. The van der Waals surface area contributed by atoms with Crippen LogP contribution < -0.4 is 21.1 Å². The number of thioether (sulfide) groups is 1. The van der Waals surface area contributed by atoms with Gasteiger partial charge >= 0.3 is 0 Å². The summed E-state index contributed by atoms with van der Waals surface area (Å²) in [6.45, 7) is 5.54. The Labute approximate surface area is 144 Å². The number of hydrazine groups is 1. The molecule has 0 aliphatic carbocycles. The number of aromatic nitrogens is 3. The minimum Gasteiger partial charge on any atom is -0.378 e. The molecule has 1 amide bonds. The van der Waals surface area contributed by atoms with Gasteiger partial charge in [0.15, 0.2) is 5.16 Å². The van der Waals surface area contributed by atoms with Gasteiger partial charge in [0.1, 0.15) is 0 Å². The van der Waals surface area contributed by atoms with E-state index in [0.29, 0.717) is 43.5 Å². The molecule has 0 saturated carbocycles. The van der Waals surface area contributed by atoms with Crippen LogP contribution in [0.3, 0.4) is 0 Å². The maximum atomic E-state index is 11.4. The Kier molecular flexibility index (Phi) is 6.01. The number of carbonyl (C=O) groups excluding carboxylic acids is 1. The standard InChI is InChI=1S/C13H21N7O3S/c14-18-10(21)9-24-13-16-11(19-1-5-22-6-2-19)15-12(17-13)20-3-7-23-8-4-20/h1-9,14H2,(H,18,21). The molecule has 3 heterocycles. The first-order chi connectivity index (χ1) is 11.8. The number of carbonyl (C=O) groups is 1. The highest BCUT2D eigenvalue weighted by atomic mass is 32.2. The number of nitrogens with zero attached hydrogens (tertiary/aromatic N) is 5. The fraction of sp³-hybridized carbons (Fsp3) is 0.692. The summed E-state index contributed by atoms with van der Waals surface area (Å²) in [6, 6.07) is 0. The highest BCUT2D eigenvalue weighted by Gasteiger charge is 2.21. The Morgan fingerprint density at radius 1 is 1.00 bits per heavy atom. The van der Waals surface area contributed by atoms with Crippen molar-refractivity contribution in [1.82, 2.24) is 20.4 Å². The van der Waals surface area contributed by atoms with Gasteiger partial charge in [-0.3, -0.25) is 10.2 Å². The lowest BCUT2D eigenvalue weighted by atomic mass is 10.4. The van der Waals surface area contributed by atoms with E-state index in [1.165, 1.54) is 11.8 Å². The van der Waals surface area contributed by atoms with E-state index in [1.807, 2.05) is 0 Å². The van der Waals surface area contributed by atoms with Gasteiger partial charge in [-0.2, -0.15) is 15.0 Å². The Morgan fingerprint density at radius 3 is 1.96 bits per heavy atom. The SMILES string of the molecule is NNC(=O)CSc1nc(N2CCOCC2)nc(N2CCOCC2)n1. The topological polar surface area (TPSA) is 119 Å². The predicted molar refractivity (Wildman–Crippen MR) is 88.9 cm³/mol. The van der Waals surface area contributed by atoms with E-state index in [0.717, 1.165) is 26.2 Å². The Morgan fingerprint density at radius 2 is 1.50 bits per heavy atom. The number of nitrogens with one attached hydrogen (secondary N) is 1. The number of anilines is 2. The summed E-state index contributed by atoms with van der Waals surface area (Å²) in [5.74, 6) is 6.23. The fourth-order valence-electron chi connectivity index (χ4n) is 2.38. The van der Waals surface area contributed by atoms with Crippen molar-refractivity contribution in [3.05, 3.63) is 0 Å². The predicted octanol–water partition coefficient (Wildman–Crippen LogP) is -1.37. The number of ether oxygens (including phenoxy) is 2. The molecule has 2 saturated heterocycles. The quantitative estimate of drug-likeness (QED) is 0.283. The normalized spacial score (nSPS) is 18.5. The van der Waals surface area contributed by atoms with Crippen LogP contribution in [-0.2, 0) is 14.3 Å². The van der Waals surface area contributed by atoms with Crippen LogP contribution in [0, 0.1) is 0 Å². The highest BCUT2D eigenvalue weighted by Crippen LogP contribution is 2.21. The third-order valence-electron chi connectivity index (χ3n) is 3.67. The summed E-state index contributed by atoms with van der Waals surface area (Å²) in [5, 5.41) is 0.511. The van der Waals surface area contributed by atoms with E-state index in [-0.39, 0.29) is 11.7 Å². The fourth-order valence-corrected chi connectivity index (χ4v) is 3.02. The van der Waals surface area contributed by atoms with Crippen LogP contribution in [0.1, 0.15) is 0 Å². The van der Waals surface area contributed by atoms with E-state index < -0.39 is 0 Å². The smallest absolute Gasteiger partial charge is 0.244 e. The highest BCUT2D eigenvalue weighted by molar-refractivity contribution is 7.99. The minimum absolute atomic E-state index is 0.158. The van der Waals surface area contributed by atoms with Gasteiger partial charge in [0.25, 0.3) is 0 Å². The average Bonchev–Trinajstić information content (AvgIpc) is 2.67. The van der Waals surface area contributed by atoms with Crippen molar-refractivity contribution in [2.75, 3.05) is 68.2 Å². The maximum Gasteiger partial charge on any atom is 0.244 e. The average molecular weight is 355 g/mol. The number of morpholine rings is 2. The van der Waals surface area contributed by atoms with Crippen molar-refractivity contribution in [2.45, 2.75) is 5.16 Å². The molecule has 132 valence electrons. The molecule has 2 aliphatic rings. The molecule has 0 atom stereocenters. The zero-order valence-corrected chi connectivity index (χ0v) is 14.1. The van der Waals surface area contributed by atoms with E-state index in [9.17, 15) is 4.79 Å². The van der Waals surface area contributed by atoms with Crippen LogP contribution >= 0.6 is 11.8 Å². The Balaban J connectivity index is 1.81. The second-order valence-electron chi connectivity index (χ2n) is 5.27. The molecule has 10 nitrogen and oxygen atoms in total. The zero-order chi connectivity index (χ0) is 16.8. The third-order valence-corrected chi connectivity index (χ3v) is 4.52. The molecular weight excluding hydrogens is 334 g/mol. The first-order valence-electron chi connectivity index (χ1n) is 7.80. The molecule has 1 aromatic heterocycles. The van der Waals surface area contributed by atoms with Gasteiger partial charge in [0, 0.05) is 26.2 Å². The largest absolute Gasteiger partial charge is 0.378 e. The van der Waals surface area contributed by atoms with Gasteiger partial charge in [0.05, 0.1) is 32.2 Å². The van der Waals surface area contributed by atoms with Crippen LogP contribution in [0.2, 0.25) is 0 Å². The molecule has 11 heteroatoms. The molecule has 3 rings (SSSR count). The summed E-state index contributed by atoms with van der Waals surface area (Å²) in [4.78, 5) is 29.1. The van der Waals surface area contributed by atoms with Gasteiger partial charge < -0.3 is 19.3 Å². The van der Waals surface area contributed by atoms with Crippen molar-refractivity contribution in [1.29, 1.82) is 0 Å². The Bertz CT molecular complexity index is 528. The summed E-state index contributed by atoms with van der Waals surface area (Å²) in [5.41, 5.74) is 2.11. The molecule has 0 unspecified atom stereocenters. The second-order valence-corrected chi connectivity index (χ2v) is 6.22. The lowest BCUT2D eigenvalue weighted by molar-refractivity contribution is -0.118. The van der Waals surface area contributed by atoms with E-state index in [1.54, 1.807) is 0 Å². The first kappa shape index (κ1) is 17.1. The van der Waals surface area contributed by atoms with E-state index in [2.05, 4.69) is 30.2 Å². The van der Waals surface area contributed by atoms with Gasteiger partial charge in [-0.25, -0.2) is 5.84 Å². The van der Waals surface area contributed by atoms with Crippen LogP contribution in [-0.4, -0.2) is 79.2 Å². The molecule has 0 spiro atoms. The molecule has 1 aromatic rings. The minimum atomic E-state index is -0.277. The molecular formula is C13H21N7O3S. The van der Waals surface area contributed by atoms with E-state index >= 15 is 0 Å². The molecule has 2 fully saturated rings. The van der Waals surface area contributed by atoms with Gasteiger partial charge in [-0.15, -0.1) is 0 Å². The van der Waals surface area contributed by atoms with Crippen molar-refractivity contribution >= 4 is 29.6 Å². The monoisotopic (exact) mass is 355 g/mol. The number of rotatable bonds is 5. The molecule has 0 aromatic carbocycles. The van der Waals surface area contributed by atoms with Gasteiger partial charge in [-0.05, 0) is 0 Å². The van der Waals surface area contributed by atoms with Crippen LogP contribution in [0.4, 0.5) is 11.9 Å². The van der Waals surface area contributed by atoms with Crippen molar-refractivity contribution in [2.24, 2.45) is 5.84 Å². The Hall–Kier alpha value is -1.69. The summed E-state index contributed by atoms with van der Waals surface area (Å²) in [7, 11) is 0. The molecule has 0 bridgehead atoms. The lowest BCUT2D eigenvalue weighted by Gasteiger charge is -2.30. The lowest BCUT2D eigenvalue weighted by Crippen LogP contribution is -2.40. The molecule has 0 radical (unpaired) electrons. The number of nitrogens with two attached hydrogens (primary N) is 1.